The van der Waals surface area contributed by atoms with Gasteiger partial charge in [-0.25, -0.2) is 0 Å². The maximum atomic E-state index is 12.5. The van der Waals surface area contributed by atoms with E-state index >= 15 is 0 Å². The molecular weight excluding hydrogens is 320 g/mol. The Hall–Kier alpha value is -3.22. The highest BCUT2D eigenvalue weighted by Gasteiger charge is 2.21. The lowest BCUT2D eigenvalue weighted by Gasteiger charge is -2.14. The fourth-order valence-corrected chi connectivity index (χ4v) is 2.35. The van der Waals surface area contributed by atoms with Crippen molar-refractivity contribution in [1.29, 1.82) is 0 Å². The van der Waals surface area contributed by atoms with Crippen molar-refractivity contribution in [3.63, 3.8) is 0 Å². The molecule has 7 nitrogen and oxygen atoms in total. The van der Waals surface area contributed by atoms with Gasteiger partial charge in [0.05, 0.1) is 12.7 Å². The van der Waals surface area contributed by atoms with E-state index in [-0.39, 0.29) is 17.7 Å². The lowest BCUT2D eigenvalue weighted by molar-refractivity contribution is 0.0758. The number of para-hydroxylation sites is 1. The van der Waals surface area contributed by atoms with Gasteiger partial charge in [-0.2, -0.15) is 0 Å². The molecule has 0 bridgehead atoms. The number of methoxy groups -OCH3 is 1. The van der Waals surface area contributed by atoms with E-state index in [2.05, 4.69) is 15.2 Å². The van der Waals surface area contributed by atoms with E-state index in [9.17, 15) is 4.79 Å². The number of benzene rings is 1. The lowest BCUT2D eigenvalue weighted by Crippen LogP contribution is -2.29. The third kappa shape index (κ3) is 3.82. The highest BCUT2D eigenvalue weighted by atomic mass is 16.5. The van der Waals surface area contributed by atoms with Crippen LogP contribution in [-0.4, -0.2) is 46.7 Å². The zero-order chi connectivity index (χ0) is 17.6. The molecule has 3 aromatic rings. The summed E-state index contributed by atoms with van der Waals surface area (Å²) in [5, 5.41) is 7.83. The van der Waals surface area contributed by atoms with Crippen molar-refractivity contribution >= 4 is 5.91 Å². The summed E-state index contributed by atoms with van der Waals surface area (Å²) in [6, 6.07) is 11.1. The first-order valence-corrected chi connectivity index (χ1v) is 7.80. The summed E-state index contributed by atoms with van der Waals surface area (Å²) in [5.74, 6) is 0.500. The van der Waals surface area contributed by atoms with Crippen LogP contribution in [0.2, 0.25) is 0 Å². The molecule has 0 aliphatic heterocycles. The van der Waals surface area contributed by atoms with E-state index in [1.807, 2.05) is 24.3 Å². The number of aromatic nitrogens is 3. The lowest BCUT2D eigenvalue weighted by atomic mass is 10.2. The molecule has 0 fully saturated rings. The molecule has 0 aliphatic carbocycles. The average molecular weight is 338 g/mol. The largest absolute Gasteiger partial charge is 0.496 e. The van der Waals surface area contributed by atoms with Gasteiger partial charge in [-0.15, -0.1) is 10.2 Å². The maximum Gasteiger partial charge on any atom is 0.311 e. The van der Waals surface area contributed by atoms with Crippen LogP contribution in [0.1, 0.15) is 16.2 Å². The third-order valence-electron chi connectivity index (χ3n) is 3.78. The van der Waals surface area contributed by atoms with Crippen LogP contribution >= 0.6 is 0 Å². The minimum atomic E-state index is -0.317. The Morgan fingerprint density at radius 2 is 1.92 bits per heavy atom. The zero-order valence-electron chi connectivity index (χ0n) is 14.0. The number of carbonyl (C=O) groups is 1. The highest BCUT2D eigenvalue weighted by molar-refractivity contribution is 5.89. The summed E-state index contributed by atoms with van der Waals surface area (Å²) >= 11 is 0. The van der Waals surface area contributed by atoms with Crippen LogP contribution in [0.25, 0.3) is 11.5 Å². The summed E-state index contributed by atoms with van der Waals surface area (Å²) in [7, 11) is 3.27. The van der Waals surface area contributed by atoms with Gasteiger partial charge >= 0.3 is 11.8 Å². The number of likely N-dealkylation sites (N-methyl/N-ethyl adjacent to an activating group) is 1. The van der Waals surface area contributed by atoms with Gasteiger partial charge in [-0.05, 0) is 36.2 Å². The number of amides is 1. The quantitative estimate of drug-likeness (QED) is 0.687. The summed E-state index contributed by atoms with van der Waals surface area (Å²) in [4.78, 5) is 18.0. The van der Waals surface area contributed by atoms with Gasteiger partial charge in [0.2, 0.25) is 0 Å². The Morgan fingerprint density at radius 3 is 2.68 bits per heavy atom. The van der Waals surface area contributed by atoms with Crippen LogP contribution < -0.4 is 4.74 Å². The van der Waals surface area contributed by atoms with E-state index in [0.717, 1.165) is 12.0 Å². The van der Waals surface area contributed by atoms with Gasteiger partial charge in [0, 0.05) is 26.0 Å². The molecule has 1 amide bonds. The van der Waals surface area contributed by atoms with Crippen molar-refractivity contribution in [2.75, 3.05) is 20.7 Å². The number of ether oxygens (including phenoxy) is 1. The monoisotopic (exact) mass is 338 g/mol. The predicted molar refractivity (Wildman–Crippen MR) is 91.2 cm³/mol. The molecule has 2 aromatic heterocycles. The van der Waals surface area contributed by atoms with Gasteiger partial charge in [0.1, 0.15) is 5.75 Å². The summed E-state index contributed by atoms with van der Waals surface area (Å²) in [6.45, 7) is 0.537. The molecule has 3 rings (SSSR count). The van der Waals surface area contributed by atoms with Crippen molar-refractivity contribution in [1.82, 2.24) is 20.1 Å². The van der Waals surface area contributed by atoms with E-state index in [1.54, 1.807) is 43.6 Å². The normalized spacial score (nSPS) is 10.5. The van der Waals surface area contributed by atoms with Crippen molar-refractivity contribution in [2.45, 2.75) is 6.42 Å². The Morgan fingerprint density at radius 1 is 1.16 bits per heavy atom. The number of pyridine rings is 1. The standard InChI is InChI=1S/C18H18N4O3/c1-22(12-9-13-7-10-19-11-8-13)18(23)17-21-20-16(25-17)14-5-3-4-6-15(14)24-2/h3-8,10-11H,9,12H2,1-2H3. The predicted octanol–water partition coefficient (Wildman–Crippen LogP) is 2.45. The van der Waals surface area contributed by atoms with Gasteiger partial charge in [0.25, 0.3) is 5.89 Å². The Kier molecular flexibility index (Phi) is 5.03. The van der Waals surface area contributed by atoms with Gasteiger partial charge in [-0.3, -0.25) is 9.78 Å². The molecule has 2 heterocycles. The molecule has 0 unspecified atom stereocenters. The molecule has 0 saturated carbocycles. The van der Waals surface area contributed by atoms with Crippen molar-refractivity contribution in [3.05, 3.63) is 60.2 Å². The van der Waals surface area contributed by atoms with Crippen LogP contribution in [0, 0.1) is 0 Å². The summed E-state index contributed by atoms with van der Waals surface area (Å²) in [5.41, 5.74) is 1.76. The second-order valence-electron chi connectivity index (χ2n) is 5.44. The average Bonchev–Trinajstić information content (AvgIpc) is 3.16. The van der Waals surface area contributed by atoms with E-state index < -0.39 is 0 Å². The first-order valence-electron chi connectivity index (χ1n) is 7.80. The zero-order valence-corrected chi connectivity index (χ0v) is 14.0. The third-order valence-corrected chi connectivity index (χ3v) is 3.78. The fraction of sp³-hybridized carbons (Fsp3) is 0.222. The molecule has 0 atom stereocenters. The van der Waals surface area contributed by atoms with Crippen LogP contribution in [-0.2, 0) is 6.42 Å². The van der Waals surface area contributed by atoms with Gasteiger partial charge in [0.15, 0.2) is 0 Å². The van der Waals surface area contributed by atoms with Crippen LogP contribution in [0.4, 0.5) is 0 Å². The molecule has 7 heteroatoms. The molecule has 0 radical (unpaired) electrons. The van der Waals surface area contributed by atoms with Gasteiger partial charge in [-0.1, -0.05) is 12.1 Å². The van der Waals surface area contributed by atoms with Gasteiger partial charge < -0.3 is 14.1 Å². The highest BCUT2D eigenvalue weighted by Crippen LogP contribution is 2.28. The molecule has 1 aromatic carbocycles. The number of rotatable bonds is 6. The smallest absolute Gasteiger partial charge is 0.311 e. The SMILES string of the molecule is COc1ccccc1-c1nnc(C(=O)N(C)CCc2ccncc2)o1. The molecule has 128 valence electrons. The first-order chi connectivity index (χ1) is 12.2. The van der Waals surface area contributed by atoms with Crippen LogP contribution in [0.5, 0.6) is 5.75 Å². The van der Waals surface area contributed by atoms with E-state index in [1.165, 1.54) is 0 Å². The number of carbonyl (C=O) groups excluding carboxylic acids is 1. The number of hydrogen-bond donors (Lipinski definition) is 0. The first kappa shape index (κ1) is 16.6. The van der Waals surface area contributed by atoms with Crippen LogP contribution in [0.15, 0.2) is 53.2 Å². The second kappa shape index (κ2) is 7.57. The minimum Gasteiger partial charge on any atom is -0.496 e. The van der Waals surface area contributed by atoms with Crippen molar-refractivity contribution in [3.8, 4) is 17.2 Å². The second-order valence-corrected chi connectivity index (χ2v) is 5.44. The van der Waals surface area contributed by atoms with E-state index in [0.29, 0.717) is 17.9 Å². The number of nitrogens with zero attached hydrogens (tertiary/aromatic N) is 4. The fourth-order valence-electron chi connectivity index (χ4n) is 2.35. The Balaban J connectivity index is 1.70. The molecular formula is C18H18N4O3. The van der Waals surface area contributed by atoms with Crippen molar-refractivity contribution < 1.29 is 13.9 Å². The Labute approximate surface area is 145 Å². The summed E-state index contributed by atoms with van der Waals surface area (Å²) < 4.78 is 10.8. The summed E-state index contributed by atoms with van der Waals surface area (Å²) in [6.07, 6.45) is 4.18. The molecule has 0 aliphatic rings. The maximum absolute atomic E-state index is 12.5. The Bertz CT molecular complexity index is 848. The minimum absolute atomic E-state index is 0.0434. The molecule has 0 N–H and O–H groups in total. The molecule has 0 spiro atoms. The van der Waals surface area contributed by atoms with E-state index in [4.69, 9.17) is 9.15 Å². The topological polar surface area (TPSA) is 81.4 Å². The molecule has 0 saturated heterocycles. The van der Waals surface area contributed by atoms with Crippen molar-refractivity contribution in [2.24, 2.45) is 0 Å². The van der Waals surface area contributed by atoms with Crippen LogP contribution in [0.3, 0.4) is 0 Å². The molecule has 25 heavy (non-hydrogen) atoms. The number of hydrogen-bond acceptors (Lipinski definition) is 6.